The van der Waals surface area contributed by atoms with Crippen LogP contribution in [0.4, 0.5) is 0 Å². The maximum Gasteiger partial charge on any atom is 0.315 e. The molecule has 2 heterocycles. The Morgan fingerprint density at radius 3 is 2.65 bits per heavy atom. The summed E-state index contributed by atoms with van der Waals surface area (Å²) < 4.78 is 5.80. The van der Waals surface area contributed by atoms with E-state index in [0.29, 0.717) is 5.92 Å². The van der Waals surface area contributed by atoms with Crippen LogP contribution in [0.25, 0.3) is 0 Å². The van der Waals surface area contributed by atoms with Crippen LogP contribution < -0.4 is 9.80 Å². The number of piperazine rings is 1. The molecule has 0 spiro atoms. The monoisotopic (exact) mass is 364 g/mol. The lowest BCUT2D eigenvalue weighted by Gasteiger charge is -2.51. The second-order valence-electron chi connectivity index (χ2n) is 9.36. The number of rotatable bonds is 3. The Bertz CT molecular complexity index is 584. The van der Waals surface area contributed by atoms with Crippen molar-refractivity contribution in [3.8, 4) is 0 Å². The second-order valence-corrected chi connectivity index (χ2v) is 9.36. The standard InChI is InChI=1S/C21H34N2O3/c1-4-22-8-10-23(11-9-22)13-16-18-17(26-20(16)25)12-15-7-5-6-14(2)21(15,3)19(18)24/h7,14,16-19,24H,4-6,8-13H2,1-3H3/p+2/t14-,16-,17-,18+,19-,21-/m0/s1. The molecule has 3 N–H and O–H groups in total. The van der Waals surface area contributed by atoms with E-state index in [0.717, 1.165) is 38.9 Å². The number of aliphatic hydroxyl groups is 1. The number of hydrogen-bond donors (Lipinski definition) is 3. The highest BCUT2D eigenvalue weighted by molar-refractivity contribution is 5.76. The topological polar surface area (TPSA) is 55.4 Å². The smallest absolute Gasteiger partial charge is 0.315 e. The summed E-state index contributed by atoms with van der Waals surface area (Å²) in [6.45, 7) is 13.4. The van der Waals surface area contributed by atoms with Gasteiger partial charge in [0.15, 0.2) is 0 Å². The van der Waals surface area contributed by atoms with E-state index in [2.05, 4.69) is 26.8 Å². The van der Waals surface area contributed by atoms with Crippen LogP contribution in [0.2, 0.25) is 0 Å². The predicted octanol–water partition coefficient (Wildman–Crippen LogP) is -0.925. The van der Waals surface area contributed by atoms with Gasteiger partial charge in [0.1, 0.15) is 38.2 Å². The average Bonchev–Trinajstić information content (AvgIpc) is 2.94. The number of quaternary nitrogens is 2. The van der Waals surface area contributed by atoms with Gasteiger partial charge in [-0.25, -0.2) is 0 Å². The molecule has 0 aromatic carbocycles. The van der Waals surface area contributed by atoms with E-state index in [9.17, 15) is 9.90 Å². The highest BCUT2D eigenvalue weighted by Gasteiger charge is 2.60. The zero-order chi connectivity index (χ0) is 18.5. The fourth-order valence-corrected chi connectivity index (χ4v) is 6.12. The van der Waals surface area contributed by atoms with Crippen molar-refractivity contribution in [2.45, 2.75) is 52.2 Å². The van der Waals surface area contributed by atoms with Gasteiger partial charge in [0.2, 0.25) is 0 Å². The normalized spacial score (nSPS) is 48.4. The molecule has 0 bridgehead atoms. The average molecular weight is 365 g/mol. The third-order valence-corrected chi connectivity index (χ3v) is 8.24. The molecule has 2 aliphatic heterocycles. The van der Waals surface area contributed by atoms with E-state index in [4.69, 9.17) is 4.74 Å². The molecule has 4 rings (SSSR count). The molecule has 0 aromatic heterocycles. The zero-order valence-electron chi connectivity index (χ0n) is 16.6. The molecule has 2 saturated heterocycles. The van der Waals surface area contributed by atoms with Crippen molar-refractivity contribution < 1.29 is 24.4 Å². The maximum atomic E-state index is 12.7. The fraction of sp³-hybridized carbons (Fsp3) is 0.857. The highest BCUT2D eigenvalue weighted by Crippen LogP contribution is 2.55. The van der Waals surface area contributed by atoms with Gasteiger partial charge in [0.05, 0.1) is 19.2 Å². The van der Waals surface area contributed by atoms with Gasteiger partial charge in [-0.3, -0.25) is 4.79 Å². The van der Waals surface area contributed by atoms with Crippen molar-refractivity contribution in [1.29, 1.82) is 0 Å². The van der Waals surface area contributed by atoms with Gasteiger partial charge in [-0.15, -0.1) is 0 Å². The van der Waals surface area contributed by atoms with Crippen molar-refractivity contribution in [3.05, 3.63) is 11.6 Å². The summed E-state index contributed by atoms with van der Waals surface area (Å²) in [6, 6.07) is 0. The van der Waals surface area contributed by atoms with E-state index in [1.54, 1.807) is 4.90 Å². The Morgan fingerprint density at radius 1 is 1.27 bits per heavy atom. The number of hydrogen-bond acceptors (Lipinski definition) is 3. The third-order valence-electron chi connectivity index (χ3n) is 8.24. The maximum absolute atomic E-state index is 12.7. The van der Waals surface area contributed by atoms with Gasteiger partial charge in [0, 0.05) is 17.8 Å². The molecule has 1 saturated carbocycles. The van der Waals surface area contributed by atoms with Crippen LogP contribution in [0.15, 0.2) is 11.6 Å². The molecule has 0 aromatic rings. The van der Waals surface area contributed by atoms with E-state index >= 15 is 0 Å². The minimum absolute atomic E-state index is 0.0331. The van der Waals surface area contributed by atoms with Crippen LogP contribution >= 0.6 is 0 Å². The van der Waals surface area contributed by atoms with Gasteiger partial charge < -0.3 is 19.6 Å². The Kier molecular flexibility index (Phi) is 4.91. The van der Waals surface area contributed by atoms with Crippen molar-refractivity contribution in [2.75, 3.05) is 39.3 Å². The minimum atomic E-state index is -0.471. The summed E-state index contributed by atoms with van der Waals surface area (Å²) in [4.78, 5) is 15.9. The number of fused-ring (bicyclic) bond motifs is 2. The number of ether oxygens (including phenoxy) is 1. The molecule has 3 fully saturated rings. The predicted molar refractivity (Wildman–Crippen MR) is 98.9 cm³/mol. The quantitative estimate of drug-likeness (QED) is 0.448. The summed E-state index contributed by atoms with van der Waals surface area (Å²) in [5, 5.41) is 11.4. The first kappa shape index (κ1) is 18.5. The molecule has 2 aliphatic carbocycles. The Labute approximate surface area is 157 Å². The van der Waals surface area contributed by atoms with E-state index < -0.39 is 6.10 Å². The molecule has 0 radical (unpaired) electrons. The van der Waals surface area contributed by atoms with Gasteiger partial charge >= 0.3 is 5.97 Å². The highest BCUT2D eigenvalue weighted by atomic mass is 16.6. The molecule has 4 aliphatic rings. The lowest BCUT2D eigenvalue weighted by atomic mass is 9.55. The molecule has 0 amide bonds. The number of nitrogens with one attached hydrogen (secondary N) is 2. The Balaban J connectivity index is 1.52. The third kappa shape index (κ3) is 2.83. The van der Waals surface area contributed by atoms with Gasteiger partial charge in [-0.2, -0.15) is 0 Å². The molecule has 6 atom stereocenters. The molecule has 5 heteroatoms. The number of allylic oxidation sites excluding steroid dienone is 1. The van der Waals surface area contributed by atoms with Crippen LogP contribution in [0, 0.1) is 23.2 Å². The summed E-state index contributed by atoms with van der Waals surface area (Å²) in [5.41, 5.74) is 1.14. The van der Waals surface area contributed by atoms with Crippen LogP contribution in [-0.2, 0) is 9.53 Å². The number of aliphatic hydroxyl groups excluding tert-OH is 1. The van der Waals surface area contributed by atoms with E-state index in [-0.39, 0.29) is 29.3 Å². The van der Waals surface area contributed by atoms with Crippen molar-refractivity contribution >= 4 is 5.97 Å². The molecule has 5 nitrogen and oxygen atoms in total. The second kappa shape index (κ2) is 6.92. The number of esters is 1. The Morgan fingerprint density at radius 2 is 1.96 bits per heavy atom. The first-order valence-electron chi connectivity index (χ1n) is 10.7. The summed E-state index contributed by atoms with van der Waals surface area (Å²) in [7, 11) is 0. The molecule has 0 unspecified atom stereocenters. The summed E-state index contributed by atoms with van der Waals surface area (Å²) in [6.07, 6.45) is 4.75. The van der Waals surface area contributed by atoms with Gasteiger partial charge in [-0.05, 0) is 25.7 Å². The Hall–Kier alpha value is -0.910. The molecule has 26 heavy (non-hydrogen) atoms. The summed E-state index contributed by atoms with van der Waals surface area (Å²) in [5.74, 6) is 0.223. The van der Waals surface area contributed by atoms with E-state index in [1.807, 2.05) is 0 Å². The minimum Gasteiger partial charge on any atom is -0.461 e. The largest absolute Gasteiger partial charge is 0.461 e. The molecular weight excluding hydrogens is 328 g/mol. The number of carbonyl (C=O) groups is 1. The van der Waals surface area contributed by atoms with Crippen molar-refractivity contribution in [2.24, 2.45) is 23.2 Å². The zero-order valence-corrected chi connectivity index (χ0v) is 16.6. The van der Waals surface area contributed by atoms with Crippen LogP contribution in [0.5, 0.6) is 0 Å². The SMILES string of the molecule is CC[NH+]1CC[NH+](C[C@@H]2C(=O)O[C@H]3CC4=CCC[C@H](C)[C@]4(C)[C@@H](O)[C@@H]32)CC1. The van der Waals surface area contributed by atoms with Crippen molar-refractivity contribution in [3.63, 3.8) is 0 Å². The number of carbonyl (C=O) groups excluding carboxylic acids is 1. The fourth-order valence-electron chi connectivity index (χ4n) is 6.12. The van der Waals surface area contributed by atoms with Gasteiger partial charge in [0.25, 0.3) is 0 Å². The van der Waals surface area contributed by atoms with Crippen LogP contribution in [0.1, 0.15) is 40.0 Å². The van der Waals surface area contributed by atoms with Gasteiger partial charge in [-0.1, -0.05) is 25.5 Å². The first-order valence-corrected chi connectivity index (χ1v) is 10.7. The van der Waals surface area contributed by atoms with Crippen LogP contribution in [-0.4, -0.2) is 62.6 Å². The van der Waals surface area contributed by atoms with E-state index in [1.165, 1.54) is 30.1 Å². The number of likely N-dealkylation sites (N-methyl/N-ethyl adjacent to an activating group) is 1. The lowest BCUT2D eigenvalue weighted by Crippen LogP contribution is -3.28. The lowest BCUT2D eigenvalue weighted by molar-refractivity contribution is -1.01. The van der Waals surface area contributed by atoms with Crippen LogP contribution in [0.3, 0.4) is 0 Å². The van der Waals surface area contributed by atoms with Crippen molar-refractivity contribution in [1.82, 2.24) is 0 Å². The molecule has 146 valence electrons. The molecular formula is C21H36N2O3+2. The summed E-state index contributed by atoms with van der Waals surface area (Å²) >= 11 is 0. The first-order chi connectivity index (χ1) is 12.4.